The molecule has 19 heavy (non-hydrogen) atoms. The van der Waals surface area contributed by atoms with Crippen molar-refractivity contribution in [1.82, 2.24) is 0 Å². The minimum Gasteiger partial charge on any atom is -0.481 e. The molecule has 0 saturated carbocycles. The van der Waals surface area contributed by atoms with Gasteiger partial charge in [0.2, 0.25) is 0 Å². The standard InChI is InChI=1S/C13H18N2O4/c1-14(2)10-3-5-11(6-4-10)15(9-13(18)19)8-7-12(16)17/h3-6H,7-9H2,1-2H3,(H,16,17)(H,18,19). The highest BCUT2D eigenvalue weighted by molar-refractivity contribution is 5.75. The summed E-state index contributed by atoms with van der Waals surface area (Å²) in [4.78, 5) is 24.9. The second kappa shape index (κ2) is 6.63. The van der Waals surface area contributed by atoms with Gasteiger partial charge in [-0.3, -0.25) is 9.59 Å². The summed E-state index contributed by atoms with van der Waals surface area (Å²) in [6, 6.07) is 7.32. The quantitative estimate of drug-likeness (QED) is 0.769. The predicted molar refractivity (Wildman–Crippen MR) is 72.9 cm³/mol. The largest absolute Gasteiger partial charge is 0.481 e. The second-order valence-corrected chi connectivity index (χ2v) is 4.37. The van der Waals surface area contributed by atoms with Crippen LogP contribution in [0.15, 0.2) is 24.3 Å². The molecule has 0 saturated heterocycles. The van der Waals surface area contributed by atoms with Crippen molar-refractivity contribution in [3.8, 4) is 0 Å². The maximum atomic E-state index is 10.8. The minimum atomic E-state index is -0.984. The second-order valence-electron chi connectivity index (χ2n) is 4.37. The molecule has 1 aromatic rings. The summed E-state index contributed by atoms with van der Waals surface area (Å²) >= 11 is 0. The van der Waals surface area contributed by atoms with Gasteiger partial charge in [0.05, 0.1) is 6.42 Å². The van der Waals surface area contributed by atoms with E-state index in [1.807, 2.05) is 31.1 Å². The number of anilines is 2. The zero-order valence-electron chi connectivity index (χ0n) is 11.0. The van der Waals surface area contributed by atoms with E-state index >= 15 is 0 Å². The van der Waals surface area contributed by atoms with Crippen LogP contribution in [-0.4, -0.2) is 49.3 Å². The molecule has 0 radical (unpaired) electrons. The van der Waals surface area contributed by atoms with Gasteiger partial charge in [-0.2, -0.15) is 0 Å². The van der Waals surface area contributed by atoms with Gasteiger partial charge in [-0.1, -0.05) is 0 Å². The molecule has 0 aliphatic rings. The van der Waals surface area contributed by atoms with Crippen LogP contribution in [0.5, 0.6) is 0 Å². The van der Waals surface area contributed by atoms with Crippen molar-refractivity contribution in [3.05, 3.63) is 24.3 Å². The molecule has 104 valence electrons. The third kappa shape index (κ3) is 4.87. The van der Waals surface area contributed by atoms with Crippen LogP contribution in [0.1, 0.15) is 6.42 Å². The van der Waals surface area contributed by atoms with Crippen molar-refractivity contribution in [2.45, 2.75) is 6.42 Å². The molecule has 0 atom stereocenters. The maximum absolute atomic E-state index is 10.8. The van der Waals surface area contributed by atoms with Gasteiger partial charge < -0.3 is 20.0 Å². The first kappa shape index (κ1) is 14.8. The van der Waals surface area contributed by atoms with Crippen LogP contribution >= 0.6 is 0 Å². The summed E-state index contributed by atoms with van der Waals surface area (Å²) in [5.41, 5.74) is 1.70. The third-order valence-corrected chi connectivity index (χ3v) is 2.65. The van der Waals surface area contributed by atoms with Crippen LogP contribution in [0.3, 0.4) is 0 Å². The molecule has 1 rings (SSSR count). The van der Waals surface area contributed by atoms with Crippen LogP contribution in [0.4, 0.5) is 11.4 Å². The Morgan fingerprint density at radius 2 is 1.53 bits per heavy atom. The monoisotopic (exact) mass is 266 g/mol. The van der Waals surface area contributed by atoms with E-state index in [0.29, 0.717) is 5.69 Å². The predicted octanol–water partition coefficient (Wildman–Crippen LogP) is 1.12. The maximum Gasteiger partial charge on any atom is 0.323 e. The molecule has 0 spiro atoms. The van der Waals surface area contributed by atoms with Crippen LogP contribution in [0, 0.1) is 0 Å². The number of carboxylic acids is 2. The van der Waals surface area contributed by atoms with Crippen LogP contribution in [-0.2, 0) is 9.59 Å². The van der Waals surface area contributed by atoms with Crippen molar-refractivity contribution < 1.29 is 19.8 Å². The number of rotatable bonds is 7. The number of hydrogen-bond acceptors (Lipinski definition) is 4. The van der Waals surface area contributed by atoms with E-state index in [9.17, 15) is 9.59 Å². The van der Waals surface area contributed by atoms with Gasteiger partial charge in [0.1, 0.15) is 6.54 Å². The van der Waals surface area contributed by atoms with E-state index < -0.39 is 11.9 Å². The number of nitrogens with zero attached hydrogens (tertiary/aromatic N) is 2. The van der Waals surface area contributed by atoms with Gasteiger partial charge in [0.25, 0.3) is 0 Å². The molecule has 0 unspecified atom stereocenters. The molecule has 6 nitrogen and oxygen atoms in total. The average molecular weight is 266 g/mol. The number of hydrogen-bond donors (Lipinski definition) is 2. The van der Waals surface area contributed by atoms with Crippen LogP contribution in [0.2, 0.25) is 0 Å². The van der Waals surface area contributed by atoms with Crippen molar-refractivity contribution in [2.75, 3.05) is 37.0 Å². The number of aliphatic carboxylic acids is 2. The Morgan fingerprint density at radius 1 is 1.00 bits per heavy atom. The molecule has 0 aliphatic carbocycles. The van der Waals surface area contributed by atoms with Gasteiger partial charge in [0, 0.05) is 32.0 Å². The van der Waals surface area contributed by atoms with Gasteiger partial charge in [0.15, 0.2) is 0 Å². The van der Waals surface area contributed by atoms with E-state index in [1.165, 1.54) is 4.90 Å². The van der Waals surface area contributed by atoms with Gasteiger partial charge >= 0.3 is 11.9 Å². The van der Waals surface area contributed by atoms with E-state index in [2.05, 4.69) is 0 Å². The summed E-state index contributed by atoms with van der Waals surface area (Å²) < 4.78 is 0. The SMILES string of the molecule is CN(C)c1ccc(N(CCC(=O)O)CC(=O)O)cc1. The average Bonchev–Trinajstić information content (AvgIpc) is 2.34. The first-order valence-corrected chi connectivity index (χ1v) is 5.86. The van der Waals surface area contributed by atoms with E-state index in [1.54, 1.807) is 12.1 Å². The van der Waals surface area contributed by atoms with E-state index in [4.69, 9.17) is 10.2 Å². The summed E-state index contributed by atoms with van der Waals surface area (Å²) in [5, 5.41) is 17.5. The number of carboxylic acid groups (broad SMARTS) is 2. The summed E-state index contributed by atoms with van der Waals surface area (Å²) in [7, 11) is 3.82. The molecular formula is C13H18N2O4. The van der Waals surface area contributed by atoms with Crippen molar-refractivity contribution in [1.29, 1.82) is 0 Å². The molecule has 0 bridgehead atoms. The van der Waals surface area contributed by atoms with Crippen molar-refractivity contribution in [3.63, 3.8) is 0 Å². The van der Waals surface area contributed by atoms with Gasteiger partial charge in [-0.05, 0) is 24.3 Å². The Kier molecular flexibility index (Phi) is 5.17. The third-order valence-electron chi connectivity index (χ3n) is 2.65. The first-order valence-electron chi connectivity index (χ1n) is 5.86. The highest BCUT2D eigenvalue weighted by Gasteiger charge is 2.12. The molecule has 0 aliphatic heterocycles. The molecule has 0 fully saturated rings. The fraction of sp³-hybridized carbons (Fsp3) is 0.385. The highest BCUT2D eigenvalue weighted by Crippen LogP contribution is 2.19. The molecule has 6 heteroatoms. The zero-order valence-corrected chi connectivity index (χ0v) is 11.0. The Bertz CT molecular complexity index is 442. The van der Waals surface area contributed by atoms with Gasteiger partial charge in [-0.25, -0.2) is 0 Å². The molecule has 1 aromatic carbocycles. The van der Waals surface area contributed by atoms with E-state index in [-0.39, 0.29) is 19.5 Å². The summed E-state index contributed by atoms with van der Waals surface area (Å²) in [5.74, 6) is -1.93. The lowest BCUT2D eigenvalue weighted by molar-refractivity contribution is -0.138. The highest BCUT2D eigenvalue weighted by atomic mass is 16.4. The van der Waals surface area contributed by atoms with Crippen LogP contribution < -0.4 is 9.80 Å². The lowest BCUT2D eigenvalue weighted by Crippen LogP contribution is -2.31. The molecular weight excluding hydrogens is 248 g/mol. The fourth-order valence-electron chi connectivity index (χ4n) is 1.65. The first-order chi connectivity index (χ1) is 8.90. The molecule has 0 heterocycles. The Hall–Kier alpha value is -2.24. The van der Waals surface area contributed by atoms with Crippen molar-refractivity contribution >= 4 is 23.3 Å². The Labute approximate surface area is 111 Å². The smallest absolute Gasteiger partial charge is 0.323 e. The van der Waals surface area contributed by atoms with E-state index in [0.717, 1.165) is 5.69 Å². The molecule has 2 N–H and O–H groups in total. The lowest BCUT2D eigenvalue weighted by atomic mass is 10.2. The van der Waals surface area contributed by atoms with Crippen LogP contribution in [0.25, 0.3) is 0 Å². The number of benzene rings is 1. The fourth-order valence-corrected chi connectivity index (χ4v) is 1.65. The lowest BCUT2D eigenvalue weighted by Gasteiger charge is -2.23. The topological polar surface area (TPSA) is 81.1 Å². The van der Waals surface area contributed by atoms with Crippen molar-refractivity contribution in [2.24, 2.45) is 0 Å². The number of carbonyl (C=O) groups is 2. The Balaban J connectivity index is 2.83. The normalized spacial score (nSPS) is 10.0. The molecule has 0 aromatic heterocycles. The van der Waals surface area contributed by atoms with Gasteiger partial charge in [-0.15, -0.1) is 0 Å². The summed E-state index contributed by atoms with van der Waals surface area (Å²) in [6.07, 6.45) is -0.0945. The Morgan fingerprint density at radius 3 is 1.95 bits per heavy atom. The molecule has 0 amide bonds. The minimum absolute atomic E-state index is 0.0945. The summed E-state index contributed by atoms with van der Waals surface area (Å²) in [6.45, 7) is -0.0441. The zero-order chi connectivity index (χ0) is 14.4.